The first-order chi connectivity index (χ1) is 7.91. The summed E-state index contributed by atoms with van der Waals surface area (Å²) in [6.07, 6.45) is 1.69. The lowest BCUT2D eigenvalue weighted by atomic mass is 10.6. The zero-order valence-corrected chi connectivity index (χ0v) is 9.66. The molecule has 0 fully saturated rings. The van der Waals surface area contributed by atoms with Gasteiger partial charge in [-0.2, -0.15) is 0 Å². The second-order valence-electron chi connectivity index (χ2n) is 2.89. The highest BCUT2D eigenvalue weighted by Gasteiger charge is 1.91. The minimum Gasteiger partial charge on any atom is -0.377 e. The van der Waals surface area contributed by atoms with Crippen LogP contribution in [0.4, 0.5) is 4.39 Å². The van der Waals surface area contributed by atoms with Crippen molar-refractivity contribution in [3.8, 4) is 0 Å². The molecule has 0 saturated heterocycles. The molecular formula is C11H21FO4. The summed E-state index contributed by atoms with van der Waals surface area (Å²) >= 11 is 0. The Bertz CT molecular complexity index is 144. The van der Waals surface area contributed by atoms with Crippen LogP contribution in [0.1, 0.15) is 0 Å². The first kappa shape index (κ1) is 15.5. The van der Waals surface area contributed by atoms with Crippen LogP contribution in [0.25, 0.3) is 0 Å². The Labute approximate surface area is 96.3 Å². The third-order valence-corrected chi connectivity index (χ3v) is 1.57. The van der Waals surface area contributed by atoms with Gasteiger partial charge in [0, 0.05) is 0 Å². The highest BCUT2D eigenvalue weighted by atomic mass is 19.1. The van der Waals surface area contributed by atoms with E-state index in [1.54, 1.807) is 6.08 Å². The van der Waals surface area contributed by atoms with Crippen LogP contribution < -0.4 is 0 Å². The van der Waals surface area contributed by atoms with E-state index in [1.807, 2.05) is 0 Å². The summed E-state index contributed by atoms with van der Waals surface area (Å²) in [5.41, 5.74) is 0. The van der Waals surface area contributed by atoms with Crippen molar-refractivity contribution in [1.29, 1.82) is 0 Å². The van der Waals surface area contributed by atoms with Crippen LogP contribution in [-0.2, 0) is 18.9 Å². The molecule has 0 aliphatic carbocycles. The Morgan fingerprint density at radius 1 is 0.750 bits per heavy atom. The number of alkyl halides is 1. The van der Waals surface area contributed by atoms with E-state index in [0.717, 1.165) is 0 Å². The molecule has 0 bridgehead atoms. The standard InChI is InChI=1S/C11H21FO4/c1-2-4-13-6-8-15-10-11-16-9-7-14-5-3-12/h2H,1,3-11H2. The van der Waals surface area contributed by atoms with Gasteiger partial charge in [-0.1, -0.05) is 6.08 Å². The zero-order valence-electron chi connectivity index (χ0n) is 9.66. The van der Waals surface area contributed by atoms with E-state index in [9.17, 15) is 4.39 Å². The van der Waals surface area contributed by atoms with Gasteiger partial charge in [-0.05, 0) is 0 Å². The third kappa shape index (κ3) is 13.5. The minimum atomic E-state index is -0.451. The van der Waals surface area contributed by atoms with Crippen molar-refractivity contribution < 1.29 is 23.3 Å². The summed E-state index contributed by atoms with van der Waals surface area (Å²) in [6, 6.07) is 0. The topological polar surface area (TPSA) is 36.9 Å². The summed E-state index contributed by atoms with van der Waals surface area (Å²) in [5, 5.41) is 0. The predicted molar refractivity (Wildman–Crippen MR) is 59.4 cm³/mol. The van der Waals surface area contributed by atoms with Crippen molar-refractivity contribution in [2.75, 3.05) is 59.5 Å². The average molecular weight is 236 g/mol. The number of hydrogen-bond acceptors (Lipinski definition) is 4. The molecule has 0 radical (unpaired) electrons. The van der Waals surface area contributed by atoms with Gasteiger partial charge in [0.15, 0.2) is 0 Å². The molecule has 0 unspecified atom stereocenters. The molecule has 0 aromatic carbocycles. The second kappa shape index (κ2) is 14.5. The Morgan fingerprint density at radius 3 is 1.62 bits per heavy atom. The smallest absolute Gasteiger partial charge is 0.113 e. The molecule has 0 aromatic heterocycles. The van der Waals surface area contributed by atoms with E-state index >= 15 is 0 Å². The van der Waals surface area contributed by atoms with Crippen LogP contribution in [0.5, 0.6) is 0 Å². The van der Waals surface area contributed by atoms with Crippen LogP contribution >= 0.6 is 0 Å². The largest absolute Gasteiger partial charge is 0.377 e. The van der Waals surface area contributed by atoms with Crippen molar-refractivity contribution >= 4 is 0 Å². The molecule has 0 spiro atoms. The van der Waals surface area contributed by atoms with Gasteiger partial charge in [0.2, 0.25) is 0 Å². The predicted octanol–water partition coefficient (Wildman–Crippen LogP) is 1.21. The van der Waals surface area contributed by atoms with E-state index in [-0.39, 0.29) is 6.61 Å². The molecule has 0 aromatic rings. The zero-order chi connectivity index (χ0) is 11.9. The quantitative estimate of drug-likeness (QED) is 0.356. The average Bonchev–Trinajstić information content (AvgIpc) is 2.31. The van der Waals surface area contributed by atoms with Crippen molar-refractivity contribution in [3.05, 3.63) is 12.7 Å². The molecule has 5 heteroatoms. The Balaban J connectivity index is 2.85. The summed E-state index contributed by atoms with van der Waals surface area (Å²) in [7, 11) is 0. The van der Waals surface area contributed by atoms with Gasteiger partial charge in [-0.15, -0.1) is 6.58 Å². The van der Waals surface area contributed by atoms with E-state index in [2.05, 4.69) is 6.58 Å². The van der Waals surface area contributed by atoms with Gasteiger partial charge >= 0.3 is 0 Å². The van der Waals surface area contributed by atoms with Gasteiger partial charge in [0.1, 0.15) is 6.67 Å². The maximum absolute atomic E-state index is 11.6. The van der Waals surface area contributed by atoms with E-state index in [1.165, 1.54) is 0 Å². The lowest BCUT2D eigenvalue weighted by molar-refractivity contribution is -0.000387. The first-order valence-electron chi connectivity index (χ1n) is 5.39. The summed E-state index contributed by atoms with van der Waals surface area (Å²) in [4.78, 5) is 0. The fraction of sp³-hybridized carbons (Fsp3) is 0.818. The van der Waals surface area contributed by atoms with Gasteiger partial charge in [-0.25, -0.2) is 4.39 Å². The molecule has 4 nitrogen and oxygen atoms in total. The summed E-state index contributed by atoms with van der Waals surface area (Å²) < 4.78 is 32.0. The van der Waals surface area contributed by atoms with Crippen molar-refractivity contribution in [2.24, 2.45) is 0 Å². The van der Waals surface area contributed by atoms with Crippen LogP contribution in [0, 0.1) is 0 Å². The van der Waals surface area contributed by atoms with Crippen LogP contribution in [0.3, 0.4) is 0 Å². The molecule has 0 rings (SSSR count). The lowest BCUT2D eigenvalue weighted by Crippen LogP contribution is -2.12. The number of ether oxygens (including phenoxy) is 4. The maximum atomic E-state index is 11.6. The van der Waals surface area contributed by atoms with Crippen LogP contribution in [0.15, 0.2) is 12.7 Å². The molecule has 0 atom stereocenters. The molecule has 0 aliphatic heterocycles. The molecule has 16 heavy (non-hydrogen) atoms. The number of halogens is 1. The minimum absolute atomic E-state index is 0.139. The normalized spacial score (nSPS) is 10.6. The van der Waals surface area contributed by atoms with E-state index < -0.39 is 6.67 Å². The number of rotatable bonds is 13. The highest BCUT2D eigenvalue weighted by Crippen LogP contribution is 1.83. The molecule has 0 aliphatic rings. The van der Waals surface area contributed by atoms with Gasteiger partial charge in [-0.3, -0.25) is 0 Å². The third-order valence-electron chi connectivity index (χ3n) is 1.57. The molecule has 96 valence electrons. The summed E-state index contributed by atoms with van der Waals surface area (Å²) in [6.45, 7) is 6.81. The van der Waals surface area contributed by atoms with Gasteiger partial charge < -0.3 is 18.9 Å². The van der Waals surface area contributed by atoms with E-state index in [0.29, 0.717) is 46.2 Å². The Kier molecular flexibility index (Phi) is 14.1. The fourth-order valence-corrected chi connectivity index (χ4v) is 0.881. The molecule has 0 heterocycles. The molecule has 0 N–H and O–H groups in total. The van der Waals surface area contributed by atoms with Crippen molar-refractivity contribution in [2.45, 2.75) is 0 Å². The fourth-order valence-electron chi connectivity index (χ4n) is 0.881. The Morgan fingerprint density at radius 2 is 1.19 bits per heavy atom. The van der Waals surface area contributed by atoms with Crippen molar-refractivity contribution in [3.63, 3.8) is 0 Å². The summed E-state index contributed by atoms with van der Waals surface area (Å²) in [5.74, 6) is 0. The number of hydrogen-bond donors (Lipinski definition) is 0. The van der Waals surface area contributed by atoms with Gasteiger partial charge in [0.05, 0.1) is 52.9 Å². The SMILES string of the molecule is C=CCOCCOCCOCCOCCF. The molecule has 0 saturated carbocycles. The van der Waals surface area contributed by atoms with Crippen LogP contribution in [-0.4, -0.2) is 59.5 Å². The lowest BCUT2D eigenvalue weighted by Gasteiger charge is -2.06. The maximum Gasteiger partial charge on any atom is 0.113 e. The molecular weight excluding hydrogens is 215 g/mol. The highest BCUT2D eigenvalue weighted by molar-refractivity contribution is 4.63. The monoisotopic (exact) mass is 236 g/mol. The van der Waals surface area contributed by atoms with Gasteiger partial charge in [0.25, 0.3) is 0 Å². The second-order valence-corrected chi connectivity index (χ2v) is 2.89. The van der Waals surface area contributed by atoms with E-state index in [4.69, 9.17) is 18.9 Å². The first-order valence-corrected chi connectivity index (χ1v) is 5.39. The molecule has 0 amide bonds. The Hall–Kier alpha value is -0.490. The van der Waals surface area contributed by atoms with Crippen LogP contribution in [0.2, 0.25) is 0 Å². The van der Waals surface area contributed by atoms with Crippen molar-refractivity contribution in [1.82, 2.24) is 0 Å².